The van der Waals surface area contributed by atoms with Crippen molar-refractivity contribution in [3.05, 3.63) is 105 Å². The topological polar surface area (TPSA) is 138 Å². The fraction of sp³-hybridized carbons (Fsp3) is 0.233. The Labute approximate surface area is 241 Å². The molecular weight excluding hydrogens is 546 g/mol. The fourth-order valence-corrected chi connectivity index (χ4v) is 4.62. The second-order valence-electron chi connectivity index (χ2n) is 9.63. The first kappa shape index (κ1) is 28.0. The Morgan fingerprint density at radius 2 is 1.78 bits per heavy atom. The zero-order valence-electron chi connectivity index (χ0n) is 22.1. The number of carbonyl (C=O) groups is 2. The Bertz CT molecular complexity index is 1600. The number of primary amides is 1. The maximum atomic E-state index is 13.6. The van der Waals surface area contributed by atoms with E-state index in [-0.39, 0.29) is 41.8 Å². The van der Waals surface area contributed by atoms with Gasteiger partial charge in [-0.3, -0.25) is 19.0 Å². The van der Waals surface area contributed by atoms with Gasteiger partial charge in [0.2, 0.25) is 11.8 Å². The average molecular weight is 574 g/mol. The Kier molecular flexibility index (Phi) is 8.71. The molecule has 0 radical (unpaired) electrons. The lowest BCUT2D eigenvalue weighted by molar-refractivity contribution is -0.125. The molecule has 1 amide bonds. The lowest BCUT2D eigenvalue weighted by Crippen LogP contribution is -2.31. The van der Waals surface area contributed by atoms with Gasteiger partial charge in [0.05, 0.1) is 6.54 Å². The molecule has 210 valence electrons. The van der Waals surface area contributed by atoms with Gasteiger partial charge >= 0.3 is 0 Å². The molecule has 2 aromatic heterocycles. The molecule has 11 heteroatoms. The number of aromatic nitrogens is 3. The zero-order valence-corrected chi connectivity index (χ0v) is 22.8. The van der Waals surface area contributed by atoms with E-state index in [1.54, 1.807) is 48.5 Å². The fourth-order valence-electron chi connectivity index (χ4n) is 4.49. The Morgan fingerprint density at radius 3 is 2.49 bits per heavy atom. The van der Waals surface area contributed by atoms with Gasteiger partial charge in [-0.25, -0.2) is 9.97 Å². The van der Waals surface area contributed by atoms with Crippen molar-refractivity contribution >= 4 is 34.9 Å². The number of pyridine rings is 1. The van der Waals surface area contributed by atoms with E-state index in [4.69, 9.17) is 26.8 Å². The van der Waals surface area contributed by atoms with E-state index in [0.29, 0.717) is 54.0 Å². The van der Waals surface area contributed by atoms with E-state index in [9.17, 15) is 14.4 Å². The summed E-state index contributed by atoms with van der Waals surface area (Å²) in [5, 5.41) is 3.79. The van der Waals surface area contributed by atoms with Crippen molar-refractivity contribution in [2.24, 2.45) is 11.7 Å². The third kappa shape index (κ3) is 7.16. The third-order valence-electron chi connectivity index (χ3n) is 6.72. The van der Waals surface area contributed by atoms with E-state index < -0.39 is 5.91 Å². The van der Waals surface area contributed by atoms with Crippen molar-refractivity contribution in [3.63, 3.8) is 0 Å². The first-order chi connectivity index (χ1) is 19.9. The molecule has 1 aliphatic rings. The predicted molar refractivity (Wildman–Crippen MR) is 154 cm³/mol. The summed E-state index contributed by atoms with van der Waals surface area (Å²) in [4.78, 5) is 46.5. The van der Waals surface area contributed by atoms with Crippen LogP contribution in [0.2, 0.25) is 5.02 Å². The maximum Gasteiger partial charge on any atom is 0.267 e. The molecule has 2 aromatic carbocycles. The van der Waals surface area contributed by atoms with Crippen LogP contribution in [0.4, 0.5) is 11.6 Å². The number of hydrogen-bond acceptors (Lipinski definition) is 8. The van der Waals surface area contributed by atoms with Crippen molar-refractivity contribution < 1.29 is 19.1 Å². The van der Waals surface area contributed by atoms with Crippen LogP contribution in [0.25, 0.3) is 0 Å². The van der Waals surface area contributed by atoms with Crippen LogP contribution in [0.5, 0.6) is 11.6 Å². The standard InChI is InChI=1S/C30H28ClN5O5/c31-22-6-4-19(5-7-22)18-36-29(39)21(16-26(37)20-12-14-40-15-13-20)17-33-30(36)34-23-8-10-24(11-9-23)41-27-3-1-2-25(35-27)28(32)38/h1-11,17,20H,12-16,18H2,(H2,32,38)(H,33,34). The highest BCUT2D eigenvalue weighted by Gasteiger charge is 2.23. The molecule has 0 bridgehead atoms. The van der Waals surface area contributed by atoms with E-state index >= 15 is 0 Å². The number of amides is 1. The van der Waals surface area contributed by atoms with Crippen LogP contribution >= 0.6 is 11.6 Å². The Morgan fingerprint density at radius 1 is 1.05 bits per heavy atom. The van der Waals surface area contributed by atoms with Gasteiger partial charge in [0.15, 0.2) is 0 Å². The minimum atomic E-state index is -0.647. The molecule has 0 unspecified atom stereocenters. The molecular formula is C30H28ClN5O5. The van der Waals surface area contributed by atoms with Gasteiger partial charge in [-0.1, -0.05) is 29.8 Å². The van der Waals surface area contributed by atoms with Gasteiger partial charge in [0.25, 0.3) is 11.5 Å². The van der Waals surface area contributed by atoms with E-state index in [1.165, 1.54) is 16.8 Å². The van der Waals surface area contributed by atoms with Gasteiger partial charge in [0.1, 0.15) is 17.2 Å². The molecule has 1 fully saturated rings. The van der Waals surface area contributed by atoms with Crippen LogP contribution in [0.3, 0.4) is 0 Å². The summed E-state index contributed by atoms with van der Waals surface area (Å²) in [6, 6.07) is 18.9. The highest BCUT2D eigenvalue weighted by Crippen LogP contribution is 2.24. The first-order valence-corrected chi connectivity index (χ1v) is 13.5. The number of nitrogens with zero attached hydrogens (tertiary/aromatic N) is 3. The Balaban J connectivity index is 1.37. The minimum absolute atomic E-state index is 0.0222. The van der Waals surface area contributed by atoms with Crippen molar-refractivity contribution in [1.29, 1.82) is 0 Å². The van der Waals surface area contributed by atoms with Crippen LogP contribution in [-0.4, -0.2) is 39.4 Å². The molecule has 1 aliphatic heterocycles. The maximum absolute atomic E-state index is 13.6. The number of rotatable bonds is 10. The number of hydrogen-bond donors (Lipinski definition) is 2. The molecule has 3 heterocycles. The number of benzene rings is 2. The summed E-state index contributed by atoms with van der Waals surface area (Å²) in [6.07, 6.45) is 2.82. The normalized spacial score (nSPS) is 13.5. The summed E-state index contributed by atoms with van der Waals surface area (Å²) >= 11 is 6.05. The highest BCUT2D eigenvalue weighted by molar-refractivity contribution is 6.30. The summed E-state index contributed by atoms with van der Waals surface area (Å²) in [7, 11) is 0. The van der Waals surface area contributed by atoms with Crippen molar-refractivity contribution in [2.45, 2.75) is 25.8 Å². The molecule has 10 nitrogen and oxygen atoms in total. The minimum Gasteiger partial charge on any atom is -0.439 e. The van der Waals surface area contributed by atoms with Crippen LogP contribution in [-0.2, 0) is 22.5 Å². The number of carbonyl (C=O) groups excluding carboxylic acids is 2. The molecule has 1 saturated heterocycles. The molecule has 41 heavy (non-hydrogen) atoms. The number of ketones is 1. The predicted octanol–water partition coefficient (Wildman–Crippen LogP) is 4.51. The lowest BCUT2D eigenvalue weighted by atomic mass is 9.92. The zero-order chi connectivity index (χ0) is 28.8. The van der Waals surface area contributed by atoms with Crippen LogP contribution in [0, 0.1) is 5.92 Å². The van der Waals surface area contributed by atoms with E-state index in [0.717, 1.165) is 5.56 Å². The van der Waals surface area contributed by atoms with Gasteiger partial charge in [-0.2, -0.15) is 0 Å². The summed E-state index contributed by atoms with van der Waals surface area (Å²) in [6.45, 7) is 1.34. The smallest absolute Gasteiger partial charge is 0.267 e. The van der Waals surface area contributed by atoms with Crippen molar-refractivity contribution in [1.82, 2.24) is 14.5 Å². The van der Waals surface area contributed by atoms with Gasteiger partial charge in [0, 0.05) is 54.1 Å². The number of halogens is 1. The molecule has 4 aromatic rings. The summed E-state index contributed by atoms with van der Waals surface area (Å²) in [5.74, 6) is 0.296. The third-order valence-corrected chi connectivity index (χ3v) is 6.97. The van der Waals surface area contributed by atoms with Gasteiger partial charge in [-0.15, -0.1) is 0 Å². The first-order valence-electron chi connectivity index (χ1n) is 13.1. The SMILES string of the molecule is NC(=O)c1cccc(Oc2ccc(Nc3ncc(CC(=O)C4CCOCC4)c(=O)n3Cc3ccc(Cl)cc3)cc2)n1. The second-order valence-corrected chi connectivity index (χ2v) is 10.1. The number of anilines is 2. The average Bonchev–Trinajstić information content (AvgIpc) is 2.99. The summed E-state index contributed by atoms with van der Waals surface area (Å²) < 4.78 is 12.6. The Hall–Kier alpha value is -4.54. The molecule has 3 N–H and O–H groups in total. The number of nitrogens with one attached hydrogen (secondary N) is 1. The molecule has 5 rings (SSSR count). The number of nitrogens with two attached hydrogens (primary N) is 1. The van der Waals surface area contributed by atoms with Crippen LogP contribution in [0.1, 0.15) is 34.5 Å². The molecule has 0 spiro atoms. The van der Waals surface area contributed by atoms with E-state index in [1.807, 2.05) is 12.1 Å². The second kappa shape index (κ2) is 12.8. The van der Waals surface area contributed by atoms with E-state index in [2.05, 4.69) is 15.3 Å². The van der Waals surface area contributed by atoms with Crippen LogP contribution < -0.4 is 21.3 Å². The lowest BCUT2D eigenvalue weighted by Gasteiger charge is -2.21. The van der Waals surface area contributed by atoms with Crippen molar-refractivity contribution in [2.75, 3.05) is 18.5 Å². The van der Waals surface area contributed by atoms with Crippen molar-refractivity contribution in [3.8, 4) is 11.6 Å². The molecule has 0 aliphatic carbocycles. The van der Waals surface area contributed by atoms with Gasteiger partial charge < -0.3 is 20.5 Å². The largest absolute Gasteiger partial charge is 0.439 e. The molecule has 0 atom stereocenters. The number of ether oxygens (including phenoxy) is 2. The van der Waals surface area contributed by atoms with Crippen LogP contribution in [0.15, 0.2) is 77.7 Å². The monoisotopic (exact) mass is 573 g/mol. The highest BCUT2D eigenvalue weighted by atomic mass is 35.5. The quantitative estimate of drug-likeness (QED) is 0.282. The van der Waals surface area contributed by atoms with Gasteiger partial charge in [-0.05, 0) is 60.9 Å². The summed E-state index contributed by atoms with van der Waals surface area (Å²) in [5.41, 5.74) is 6.94. The number of Topliss-reactive ketones (excluding diaryl/α,β-unsaturated/α-hetero) is 1. The molecule has 0 saturated carbocycles.